The molecule has 1 heterocycles. The smallest absolute Gasteiger partial charge is 0.151 e. The molecule has 2 unspecified atom stereocenters. The third kappa shape index (κ3) is 2.44. The minimum Gasteiger partial charge on any atom is -0.251 e. The van der Waals surface area contributed by atoms with Crippen LogP contribution in [0.5, 0.6) is 0 Å². The summed E-state index contributed by atoms with van der Waals surface area (Å²) in [4.78, 5) is 0.563. The summed E-state index contributed by atoms with van der Waals surface area (Å²) in [6, 6.07) is 0. The Balaban J connectivity index is 2.27. The first-order valence-corrected chi connectivity index (χ1v) is 7.10. The van der Waals surface area contributed by atoms with Gasteiger partial charge in [-0.2, -0.15) is 0 Å². The van der Waals surface area contributed by atoms with Crippen LogP contribution in [0.3, 0.4) is 0 Å². The standard InChI is InChI=1S/C10H15Br2N3/c1-15-9(10(12)13-14-15)7-5-3-2-4-6-8(7)11/h7-8H,2-6H2,1H3. The molecule has 1 aromatic rings. The maximum Gasteiger partial charge on any atom is 0.151 e. The Labute approximate surface area is 107 Å². The molecule has 2 atom stereocenters. The van der Waals surface area contributed by atoms with Gasteiger partial charge in [0, 0.05) is 17.8 Å². The Hall–Kier alpha value is 0.1000. The lowest BCUT2D eigenvalue weighted by Gasteiger charge is -2.19. The molecule has 1 aliphatic carbocycles. The van der Waals surface area contributed by atoms with Crippen molar-refractivity contribution in [3.8, 4) is 0 Å². The molecule has 0 radical (unpaired) electrons. The van der Waals surface area contributed by atoms with Gasteiger partial charge in [-0.05, 0) is 28.8 Å². The van der Waals surface area contributed by atoms with Crippen molar-refractivity contribution in [3.05, 3.63) is 10.3 Å². The molecule has 1 aliphatic rings. The van der Waals surface area contributed by atoms with Crippen LogP contribution in [0.4, 0.5) is 0 Å². The van der Waals surface area contributed by atoms with E-state index in [0.29, 0.717) is 10.7 Å². The molecule has 0 N–H and O–H groups in total. The number of alkyl halides is 1. The van der Waals surface area contributed by atoms with Crippen molar-refractivity contribution in [2.75, 3.05) is 0 Å². The average molecular weight is 337 g/mol. The lowest BCUT2D eigenvalue weighted by molar-refractivity contribution is 0.551. The molecule has 0 aliphatic heterocycles. The molecule has 0 saturated heterocycles. The lowest BCUT2D eigenvalue weighted by atomic mass is 9.97. The van der Waals surface area contributed by atoms with Gasteiger partial charge in [0.2, 0.25) is 0 Å². The van der Waals surface area contributed by atoms with E-state index in [1.54, 1.807) is 0 Å². The lowest BCUT2D eigenvalue weighted by Crippen LogP contribution is -2.15. The number of nitrogens with zero attached hydrogens (tertiary/aromatic N) is 3. The van der Waals surface area contributed by atoms with Crippen LogP contribution >= 0.6 is 31.9 Å². The van der Waals surface area contributed by atoms with Crippen LogP contribution in [0.1, 0.15) is 43.7 Å². The number of rotatable bonds is 1. The van der Waals surface area contributed by atoms with Gasteiger partial charge >= 0.3 is 0 Å². The zero-order chi connectivity index (χ0) is 10.8. The van der Waals surface area contributed by atoms with E-state index < -0.39 is 0 Å². The largest absolute Gasteiger partial charge is 0.251 e. The summed E-state index contributed by atoms with van der Waals surface area (Å²) in [6.07, 6.45) is 6.47. The van der Waals surface area contributed by atoms with E-state index >= 15 is 0 Å². The third-order valence-corrected chi connectivity index (χ3v) is 4.77. The summed E-state index contributed by atoms with van der Waals surface area (Å²) in [5.41, 5.74) is 1.23. The molecular weight excluding hydrogens is 322 g/mol. The maximum absolute atomic E-state index is 4.07. The molecule has 1 aromatic heterocycles. The minimum absolute atomic E-state index is 0.543. The van der Waals surface area contributed by atoms with E-state index in [2.05, 4.69) is 42.2 Å². The minimum atomic E-state index is 0.543. The Morgan fingerprint density at radius 2 is 2.00 bits per heavy atom. The van der Waals surface area contributed by atoms with E-state index in [-0.39, 0.29) is 0 Å². The fourth-order valence-electron chi connectivity index (χ4n) is 2.30. The maximum atomic E-state index is 4.07. The Bertz CT molecular complexity index is 318. The summed E-state index contributed by atoms with van der Waals surface area (Å²) in [7, 11) is 1.97. The highest BCUT2D eigenvalue weighted by atomic mass is 79.9. The van der Waals surface area contributed by atoms with Crippen LogP contribution in [-0.2, 0) is 7.05 Å². The predicted molar refractivity (Wildman–Crippen MR) is 67.2 cm³/mol. The van der Waals surface area contributed by atoms with Crippen LogP contribution in [0.2, 0.25) is 0 Å². The van der Waals surface area contributed by atoms with Gasteiger partial charge in [0.1, 0.15) is 0 Å². The van der Waals surface area contributed by atoms with Gasteiger partial charge in [-0.3, -0.25) is 4.68 Å². The van der Waals surface area contributed by atoms with Crippen LogP contribution in [-0.4, -0.2) is 19.8 Å². The van der Waals surface area contributed by atoms with Crippen molar-refractivity contribution in [3.63, 3.8) is 0 Å². The first-order chi connectivity index (χ1) is 7.20. The van der Waals surface area contributed by atoms with Crippen molar-refractivity contribution < 1.29 is 0 Å². The van der Waals surface area contributed by atoms with Crippen LogP contribution in [0.15, 0.2) is 4.60 Å². The van der Waals surface area contributed by atoms with Crippen LogP contribution in [0, 0.1) is 0 Å². The number of hydrogen-bond acceptors (Lipinski definition) is 2. The van der Waals surface area contributed by atoms with Gasteiger partial charge in [-0.15, -0.1) is 5.10 Å². The summed E-state index contributed by atoms with van der Waals surface area (Å²) < 4.78 is 2.80. The molecular formula is C10H15Br2N3. The zero-order valence-electron chi connectivity index (χ0n) is 8.79. The van der Waals surface area contributed by atoms with Gasteiger partial charge in [0.25, 0.3) is 0 Å². The number of aromatic nitrogens is 3. The number of aryl methyl sites for hydroxylation is 1. The summed E-state index contributed by atoms with van der Waals surface area (Å²) in [5.74, 6) is 0.543. The molecule has 1 saturated carbocycles. The molecule has 0 aromatic carbocycles. The van der Waals surface area contributed by atoms with E-state index in [4.69, 9.17) is 0 Å². The van der Waals surface area contributed by atoms with Gasteiger partial charge in [0.05, 0.1) is 5.69 Å². The van der Waals surface area contributed by atoms with Crippen molar-refractivity contribution in [1.82, 2.24) is 15.0 Å². The fraction of sp³-hybridized carbons (Fsp3) is 0.800. The predicted octanol–water partition coefficient (Wildman–Crippen LogP) is 3.39. The molecule has 0 amide bonds. The van der Waals surface area contributed by atoms with Crippen LogP contribution in [0.25, 0.3) is 0 Å². The van der Waals surface area contributed by atoms with Crippen molar-refractivity contribution in [2.45, 2.75) is 42.8 Å². The van der Waals surface area contributed by atoms with E-state index in [0.717, 1.165) is 4.60 Å². The second-order valence-corrected chi connectivity index (χ2v) is 6.08. The highest BCUT2D eigenvalue weighted by Gasteiger charge is 2.27. The second-order valence-electron chi connectivity index (χ2n) is 4.15. The summed E-state index contributed by atoms with van der Waals surface area (Å²) >= 11 is 7.30. The molecule has 2 rings (SSSR count). The fourth-order valence-corrected chi connectivity index (χ4v) is 3.76. The molecule has 1 fully saturated rings. The van der Waals surface area contributed by atoms with Gasteiger partial charge < -0.3 is 0 Å². The number of halogens is 2. The molecule has 0 bridgehead atoms. The molecule has 15 heavy (non-hydrogen) atoms. The SMILES string of the molecule is Cn1nnc(Br)c1C1CCCCCC1Br. The molecule has 5 heteroatoms. The molecule has 3 nitrogen and oxygen atoms in total. The first kappa shape index (κ1) is 11.6. The Kier molecular flexibility index (Phi) is 3.83. The Morgan fingerprint density at radius 1 is 1.27 bits per heavy atom. The highest BCUT2D eigenvalue weighted by Crippen LogP contribution is 2.38. The average Bonchev–Trinajstić information content (AvgIpc) is 2.42. The van der Waals surface area contributed by atoms with E-state index in [9.17, 15) is 0 Å². The Morgan fingerprint density at radius 3 is 2.67 bits per heavy atom. The van der Waals surface area contributed by atoms with Crippen molar-refractivity contribution >= 4 is 31.9 Å². The van der Waals surface area contributed by atoms with Gasteiger partial charge in [-0.25, -0.2) is 0 Å². The van der Waals surface area contributed by atoms with E-state index in [1.165, 1.54) is 37.8 Å². The van der Waals surface area contributed by atoms with Crippen molar-refractivity contribution in [2.24, 2.45) is 7.05 Å². The normalized spacial score (nSPS) is 27.7. The molecule has 0 spiro atoms. The van der Waals surface area contributed by atoms with Crippen molar-refractivity contribution in [1.29, 1.82) is 0 Å². The first-order valence-electron chi connectivity index (χ1n) is 5.39. The quantitative estimate of drug-likeness (QED) is 0.581. The second kappa shape index (κ2) is 4.95. The van der Waals surface area contributed by atoms with Crippen LogP contribution < -0.4 is 0 Å². The van der Waals surface area contributed by atoms with E-state index in [1.807, 2.05) is 11.7 Å². The summed E-state index contributed by atoms with van der Waals surface area (Å²) in [6.45, 7) is 0. The van der Waals surface area contributed by atoms with Gasteiger partial charge in [-0.1, -0.05) is 40.4 Å². The molecule has 84 valence electrons. The number of hydrogen-bond donors (Lipinski definition) is 0. The zero-order valence-corrected chi connectivity index (χ0v) is 12.0. The van der Waals surface area contributed by atoms with Gasteiger partial charge in [0.15, 0.2) is 4.60 Å². The highest BCUT2D eigenvalue weighted by molar-refractivity contribution is 9.10. The topological polar surface area (TPSA) is 30.7 Å². The monoisotopic (exact) mass is 335 g/mol. The third-order valence-electron chi connectivity index (χ3n) is 3.11. The summed E-state index contributed by atoms with van der Waals surface area (Å²) in [5, 5.41) is 8.12.